The number of nitrogens with one attached hydrogen (secondary N) is 1. The number of aromatic carboxylic acids is 1. The number of carboxylic acid groups (broad SMARTS) is 1. The zero-order valence-corrected chi connectivity index (χ0v) is 15.3. The van der Waals surface area contributed by atoms with Crippen LogP contribution in [0.4, 0.5) is 5.69 Å². The Hall–Kier alpha value is -2.21. The first-order valence-corrected chi connectivity index (χ1v) is 9.70. The van der Waals surface area contributed by atoms with Gasteiger partial charge in [-0.15, -0.1) is 0 Å². The number of ether oxygens (including phenoxy) is 1. The number of carboxylic acids is 1. The standard InChI is InChI=1S/C21H25NO5/c23-18(8-19(24)22-17-3-1-2-16(7-17)20(25)26)12-27-21-9-13-4-14(10-21)6-15(5-13)11-21/h1-3,7,13-15H,4-6,8-12H2,(H,22,24)(H,25,26). The number of hydrogen-bond donors (Lipinski definition) is 2. The molecule has 5 rings (SSSR count). The van der Waals surface area contributed by atoms with Crippen molar-refractivity contribution >= 4 is 23.3 Å². The predicted molar refractivity (Wildman–Crippen MR) is 98.5 cm³/mol. The monoisotopic (exact) mass is 371 g/mol. The molecule has 0 radical (unpaired) electrons. The smallest absolute Gasteiger partial charge is 0.335 e. The van der Waals surface area contributed by atoms with Gasteiger partial charge in [-0.25, -0.2) is 4.79 Å². The molecule has 27 heavy (non-hydrogen) atoms. The normalized spacial score (nSPS) is 30.9. The Morgan fingerprint density at radius 1 is 1.07 bits per heavy atom. The van der Waals surface area contributed by atoms with E-state index >= 15 is 0 Å². The summed E-state index contributed by atoms with van der Waals surface area (Å²) < 4.78 is 6.10. The Kier molecular flexibility index (Phi) is 4.76. The van der Waals surface area contributed by atoms with Crippen molar-refractivity contribution in [3.8, 4) is 0 Å². The van der Waals surface area contributed by atoms with Gasteiger partial charge in [0.25, 0.3) is 0 Å². The van der Waals surface area contributed by atoms with E-state index in [0.717, 1.165) is 37.0 Å². The fourth-order valence-corrected chi connectivity index (χ4v) is 5.61. The van der Waals surface area contributed by atoms with Crippen LogP contribution in [0.25, 0.3) is 0 Å². The van der Waals surface area contributed by atoms with E-state index < -0.39 is 11.9 Å². The van der Waals surface area contributed by atoms with Crippen LogP contribution >= 0.6 is 0 Å². The Bertz CT molecular complexity index is 736. The third-order valence-electron chi connectivity index (χ3n) is 6.27. The molecule has 0 spiro atoms. The van der Waals surface area contributed by atoms with Crippen molar-refractivity contribution in [1.82, 2.24) is 0 Å². The first kappa shape index (κ1) is 18.2. The van der Waals surface area contributed by atoms with E-state index in [1.807, 2.05) is 0 Å². The molecule has 4 aliphatic carbocycles. The molecule has 0 heterocycles. The quantitative estimate of drug-likeness (QED) is 0.718. The van der Waals surface area contributed by atoms with Crippen molar-refractivity contribution in [3.05, 3.63) is 29.8 Å². The van der Waals surface area contributed by atoms with E-state index in [9.17, 15) is 14.4 Å². The molecule has 1 aromatic rings. The molecule has 0 aliphatic heterocycles. The Balaban J connectivity index is 1.28. The Morgan fingerprint density at radius 3 is 2.30 bits per heavy atom. The molecule has 4 saturated carbocycles. The Morgan fingerprint density at radius 2 is 1.70 bits per heavy atom. The van der Waals surface area contributed by atoms with Gasteiger partial charge in [0, 0.05) is 5.69 Å². The van der Waals surface area contributed by atoms with Crippen LogP contribution in [0, 0.1) is 17.8 Å². The summed E-state index contributed by atoms with van der Waals surface area (Å²) in [7, 11) is 0. The third kappa shape index (κ3) is 4.05. The van der Waals surface area contributed by atoms with Crippen LogP contribution in [0.15, 0.2) is 24.3 Å². The highest BCUT2D eigenvalue weighted by molar-refractivity contribution is 6.05. The number of hydrogen-bond acceptors (Lipinski definition) is 4. The highest BCUT2D eigenvalue weighted by Gasteiger charge is 2.51. The van der Waals surface area contributed by atoms with Gasteiger partial charge in [0.15, 0.2) is 5.78 Å². The summed E-state index contributed by atoms with van der Waals surface area (Å²) >= 11 is 0. The zero-order valence-electron chi connectivity index (χ0n) is 15.3. The molecule has 6 heteroatoms. The van der Waals surface area contributed by atoms with Gasteiger partial charge in [0.2, 0.25) is 5.91 Å². The van der Waals surface area contributed by atoms with Crippen LogP contribution in [0.1, 0.15) is 55.3 Å². The van der Waals surface area contributed by atoms with Crippen molar-refractivity contribution < 1.29 is 24.2 Å². The number of carbonyl (C=O) groups is 3. The number of amides is 1. The molecule has 1 amide bonds. The molecule has 0 saturated heterocycles. The largest absolute Gasteiger partial charge is 0.478 e. The summed E-state index contributed by atoms with van der Waals surface area (Å²) in [5, 5.41) is 11.6. The summed E-state index contributed by atoms with van der Waals surface area (Å²) in [6, 6.07) is 5.97. The van der Waals surface area contributed by atoms with Crippen LogP contribution in [-0.2, 0) is 14.3 Å². The van der Waals surface area contributed by atoms with Crippen molar-refractivity contribution in [3.63, 3.8) is 0 Å². The lowest BCUT2D eigenvalue weighted by Crippen LogP contribution is -2.52. The van der Waals surface area contributed by atoms with Crippen LogP contribution < -0.4 is 5.32 Å². The van der Waals surface area contributed by atoms with Gasteiger partial charge in [0.05, 0.1) is 17.6 Å². The topological polar surface area (TPSA) is 92.7 Å². The maximum Gasteiger partial charge on any atom is 0.335 e. The predicted octanol–water partition coefficient (Wildman–Crippen LogP) is 3.27. The van der Waals surface area contributed by atoms with Crippen LogP contribution in [0.5, 0.6) is 0 Å². The van der Waals surface area contributed by atoms with Gasteiger partial charge in [-0.3, -0.25) is 9.59 Å². The van der Waals surface area contributed by atoms with E-state index in [2.05, 4.69) is 5.32 Å². The second kappa shape index (κ2) is 7.08. The van der Waals surface area contributed by atoms with Gasteiger partial charge >= 0.3 is 5.97 Å². The van der Waals surface area contributed by atoms with Gasteiger partial charge in [-0.2, -0.15) is 0 Å². The lowest BCUT2D eigenvalue weighted by Gasteiger charge is -2.56. The number of ketones is 1. The van der Waals surface area contributed by atoms with Crippen molar-refractivity contribution in [2.24, 2.45) is 17.8 Å². The van der Waals surface area contributed by atoms with E-state index in [4.69, 9.17) is 9.84 Å². The van der Waals surface area contributed by atoms with Crippen LogP contribution in [-0.4, -0.2) is 35.0 Å². The first-order valence-electron chi connectivity index (χ1n) is 9.70. The maximum absolute atomic E-state index is 12.2. The second-order valence-corrected chi connectivity index (χ2v) is 8.54. The molecule has 4 fully saturated rings. The fraction of sp³-hybridized carbons (Fsp3) is 0.571. The van der Waals surface area contributed by atoms with E-state index in [-0.39, 0.29) is 30.0 Å². The summed E-state index contributed by atoms with van der Waals surface area (Å²) in [5.74, 6) is 0.490. The molecule has 6 nitrogen and oxygen atoms in total. The number of anilines is 1. The average Bonchev–Trinajstić information content (AvgIpc) is 2.59. The average molecular weight is 371 g/mol. The molecule has 144 valence electrons. The van der Waals surface area contributed by atoms with Crippen molar-refractivity contribution in [2.45, 2.75) is 50.5 Å². The zero-order chi connectivity index (χ0) is 19.0. The van der Waals surface area contributed by atoms with Gasteiger partial charge in [-0.05, 0) is 74.5 Å². The summed E-state index contributed by atoms with van der Waals surface area (Å²) in [5.41, 5.74) is 0.315. The first-order chi connectivity index (χ1) is 12.9. The van der Waals surface area contributed by atoms with Crippen molar-refractivity contribution in [1.29, 1.82) is 0 Å². The molecule has 0 aromatic heterocycles. The number of rotatable bonds is 7. The summed E-state index contributed by atoms with van der Waals surface area (Å²) in [6.45, 7) is -0.0191. The Labute approximate surface area is 158 Å². The summed E-state index contributed by atoms with van der Waals surface area (Å²) in [4.78, 5) is 35.3. The molecule has 2 N–H and O–H groups in total. The summed E-state index contributed by atoms with van der Waals surface area (Å²) in [6.07, 6.45) is 6.85. The van der Waals surface area contributed by atoms with Gasteiger partial charge in [-0.1, -0.05) is 6.07 Å². The molecule has 0 atom stereocenters. The minimum atomic E-state index is -1.06. The van der Waals surface area contributed by atoms with E-state index in [0.29, 0.717) is 5.69 Å². The van der Waals surface area contributed by atoms with E-state index in [1.54, 1.807) is 12.1 Å². The highest BCUT2D eigenvalue weighted by atomic mass is 16.5. The van der Waals surface area contributed by atoms with Crippen LogP contribution in [0.2, 0.25) is 0 Å². The number of benzene rings is 1. The lowest BCUT2D eigenvalue weighted by molar-refractivity contribution is -0.169. The minimum Gasteiger partial charge on any atom is -0.478 e. The molecule has 4 aliphatic rings. The van der Waals surface area contributed by atoms with Gasteiger partial charge < -0.3 is 15.2 Å². The minimum absolute atomic E-state index is 0.0191. The molecule has 0 unspecified atom stereocenters. The fourth-order valence-electron chi connectivity index (χ4n) is 5.61. The highest BCUT2D eigenvalue weighted by Crippen LogP contribution is 2.57. The molecule has 4 bridgehead atoms. The SMILES string of the molecule is O=C(COC12CC3CC(CC(C3)C1)C2)CC(=O)Nc1cccc(C(=O)O)c1. The number of Topliss-reactive ketones (excluding diaryl/α,β-unsaturated/α-hetero) is 1. The molecular weight excluding hydrogens is 346 g/mol. The van der Waals surface area contributed by atoms with Crippen molar-refractivity contribution in [2.75, 3.05) is 11.9 Å². The molecular formula is C21H25NO5. The lowest BCUT2D eigenvalue weighted by atomic mass is 9.54. The van der Waals surface area contributed by atoms with Crippen LogP contribution in [0.3, 0.4) is 0 Å². The maximum atomic E-state index is 12.2. The third-order valence-corrected chi connectivity index (χ3v) is 6.27. The van der Waals surface area contributed by atoms with Gasteiger partial charge in [0.1, 0.15) is 6.61 Å². The number of carbonyl (C=O) groups excluding carboxylic acids is 2. The molecule has 1 aromatic carbocycles. The van der Waals surface area contributed by atoms with E-state index in [1.165, 1.54) is 31.4 Å². The second-order valence-electron chi connectivity index (χ2n) is 8.54.